The van der Waals surface area contributed by atoms with Gasteiger partial charge in [0.2, 0.25) is 5.91 Å². The van der Waals surface area contributed by atoms with Crippen molar-refractivity contribution in [1.82, 2.24) is 5.48 Å². The highest BCUT2D eigenvalue weighted by atomic mass is 32.2. The van der Waals surface area contributed by atoms with Gasteiger partial charge in [-0.15, -0.1) is 11.8 Å². The Morgan fingerprint density at radius 2 is 2.32 bits per heavy atom. The highest BCUT2D eigenvalue weighted by Gasteiger charge is 2.17. The molecule has 6 nitrogen and oxygen atoms in total. The Labute approximate surface area is 114 Å². The minimum atomic E-state index is -0.358. The predicted molar refractivity (Wildman–Crippen MR) is 71.1 cm³/mol. The van der Waals surface area contributed by atoms with Crippen LogP contribution in [0.1, 0.15) is 10.4 Å². The van der Waals surface area contributed by atoms with Crippen LogP contribution in [-0.4, -0.2) is 37.9 Å². The molecule has 1 aliphatic rings. The van der Waals surface area contributed by atoms with Gasteiger partial charge >= 0.3 is 0 Å². The fourth-order valence-electron chi connectivity index (χ4n) is 1.52. The number of benzene rings is 1. The van der Waals surface area contributed by atoms with E-state index >= 15 is 0 Å². The third-order valence-electron chi connectivity index (χ3n) is 2.43. The first-order valence-electron chi connectivity index (χ1n) is 5.68. The predicted octanol–water partition coefficient (Wildman–Crippen LogP) is 1.04. The van der Waals surface area contributed by atoms with Gasteiger partial charge in [0.1, 0.15) is 0 Å². The van der Waals surface area contributed by atoms with E-state index in [9.17, 15) is 9.59 Å². The lowest BCUT2D eigenvalue weighted by atomic mass is 10.2. The molecule has 0 spiro atoms. The average Bonchev–Trinajstić information content (AvgIpc) is 2.42. The van der Waals surface area contributed by atoms with Gasteiger partial charge in [-0.3, -0.25) is 14.4 Å². The molecule has 19 heavy (non-hydrogen) atoms. The second-order valence-corrected chi connectivity index (χ2v) is 4.84. The number of thioether (sulfide) groups is 1. The molecule has 1 aliphatic heterocycles. The van der Waals surface area contributed by atoms with E-state index in [1.165, 1.54) is 11.8 Å². The van der Waals surface area contributed by atoms with Crippen molar-refractivity contribution in [1.29, 1.82) is 0 Å². The maximum atomic E-state index is 11.8. The molecule has 2 rings (SSSR count). The molecule has 0 atom stereocenters. The zero-order valence-corrected chi connectivity index (χ0v) is 11.2. The zero-order valence-electron chi connectivity index (χ0n) is 10.4. The molecular formula is C12H14N2O4S. The van der Waals surface area contributed by atoms with Crippen LogP contribution in [0.2, 0.25) is 0 Å². The van der Waals surface area contributed by atoms with Gasteiger partial charge in [0.25, 0.3) is 5.91 Å². The van der Waals surface area contributed by atoms with Gasteiger partial charge in [0, 0.05) is 17.6 Å². The van der Waals surface area contributed by atoms with Crippen LogP contribution in [-0.2, 0) is 14.4 Å². The van der Waals surface area contributed by atoms with E-state index in [0.29, 0.717) is 23.6 Å². The topological polar surface area (TPSA) is 76.7 Å². The van der Waals surface area contributed by atoms with Crippen LogP contribution in [0.25, 0.3) is 0 Å². The quantitative estimate of drug-likeness (QED) is 0.623. The van der Waals surface area contributed by atoms with E-state index in [1.807, 2.05) is 6.07 Å². The Morgan fingerprint density at radius 3 is 3.11 bits per heavy atom. The maximum absolute atomic E-state index is 11.8. The smallest absolute Gasteiger partial charge is 0.274 e. The van der Waals surface area contributed by atoms with Crippen molar-refractivity contribution in [3.63, 3.8) is 0 Å². The van der Waals surface area contributed by atoms with E-state index in [0.717, 1.165) is 4.90 Å². The molecule has 0 unspecified atom stereocenters. The van der Waals surface area contributed by atoms with Gasteiger partial charge in [-0.2, -0.15) is 0 Å². The van der Waals surface area contributed by atoms with Crippen molar-refractivity contribution in [3.8, 4) is 0 Å². The van der Waals surface area contributed by atoms with Crippen molar-refractivity contribution in [2.45, 2.75) is 4.90 Å². The number of carbonyl (C=O) groups is 2. The first kappa shape index (κ1) is 13.9. The summed E-state index contributed by atoms with van der Waals surface area (Å²) in [5.41, 5.74) is 3.40. The summed E-state index contributed by atoms with van der Waals surface area (Å²) in [7, 11) is 1.55. The fourth-order valence-corrected chi connectivity index (χ4v) is 2.31. The molecule has 2 amide bonds. The minimum absolute atomic E-state index is 0.0635. The van der Waals surface area contributed by atoms with Crippen molar-refractivity contribution in [2.75, 3.05) is 31.4 Å². The van der Waals surface area contributed by atoms with Crippen molar-refractivity contribution >= 4 is 29.3 Å². The molecule has 1 heterocycles. The number of anilines is 1. The number of carbonyl (C=O) groups excluding carboxylic acids is 2. The van der Waals surface area contributed by atoms with Gasteiger partial charge in [0.15, 0.2) is 0 Å². The molecule has 0 saturated heterocycles. The number of hydrogen-bond donors (Lipinski definition) is 2. The number of amides is 2. The van der Waals surface area contributed by atoms with E-state index in [4.69, 9.17) is 9.57 Å². The fraction of sp³-hybridized carbons (Fsp3) is 0.333. The molecule has 2 N–H and O–H groups in total. The van der Waals surface area contributed by atoms with E-state index < -0.39 is 0 Å². The normalized spacial score (nSPS) is 13.6. The zero-order chi connectivity index (χ0) is 13.7. The van der Waals surface area contributed by atoms with Crippen LogP contribution in [0.5, 0.6) is 0 Å². The summed E-state index contributed by atoms with van der Waals surface area (Å²) in [6.45, 7) is 0.678. The lowest BCUT2D eigenvalue weighted by Crippen LogP contribution is -2.26. The number of methoxy groups -OCH3 is 1. The van der Waals surface area contributed by atoms with Crippen LogP contribution >= 0.6 is 11.8 Å². The Morgan fingerprint density at radius 1 is 1.47 bits per heavy atom. The molecule has 1 aromatic carbocycles. The van der Waals surface area contributed by atoms with Crippen LogP contribution in [0, 0.1) is 0 Å². The van der Waals surface area contributed by atoms with Gasteiger partial charge in [0.05, 0.1) is 24.7 Å². The SMILES string of the molecule is COCCONC(=O)c1ccc2c(c1)NC(=O)CS2. The van der Waals surface area contributed by atoms with Crippen molar-refractivity contribution < 1.29 is 19.2 Å². The summed E-state index contributed by atoms with van der Waals surface area (Å²) in [5.74, 6) is -0.0197. The number of fused-ring (bicyclic) bond motifs is 1. The Balaban J connectivity index is 1.99. The molecule has 0 aliphatic carbocycles. The number of ether oxygens (including phenoxy) is 1. The van der Waals surface area contributed by atoms with E-state index in [1.54, 1.807) is 19.2 Å². The Bertz CT molecular complexity index is 493. The third kappa shape index (κ3) is 3.69. The highest BCUT2D eigenvalue weighted by molar-refractivity contribution is 8.00. The monoisotopic (exact) mass is 282 g/mol. The molecule has 0 radical (unpaired) electrons. The largest absolute Gasteiger partial charge is 0.382 e. The number of hydrogen-bond acceptors (Lipinski definition) is 5. The molecule has 7 heteroatoms. The highest BCUT2D eigenvalue weighted by Crippen LogP contribution is 2.31. The number of rotatable bonds is 5. The molecule has 0 fully saturated rings. The van der Waals surface area contributed by atoms with Crippen LogP contribution in [0.3, 0.4) is 0 Å². The molecule has 102 valence electrons. The van der Waals surface area contributed by atoms with Crippen LogP contribution in [0.15, 0.2) is 23.1 Å². The van der Waals surface area contributed by atoms with Gasteiger partial charge in [-0.25, -0.2) is 5.48 Å². The third-order valence-corrected chi connectivity index (χ3v) is 3.50. The number of nitrogens with one attached hydrogen (secondary N) is 2. The van der Waals surface area contributed by atoms with E-state index in [-0.39, 0.29) is 18.4 Å². The summed E-state index contributed by atoms with van der Waals surface area (Å²) < 4.78 is 4.79. The van der Waals surface area contributed by atoms with Gasteiger partial charge < -0.3 is 10.1 Å². The second-order valence-electron chi connectivity index (χ2n) is 3.82. The van der Waals surface area contributed by atoms with Crippen molar-refractivity contribution in [3.05, 3.63) is 23.8 Å². The van der Waals surface area contributed by atoms with Crippen LogP contribution in [0.4, 0.5) is 5.69 Å². The maximum Gasteiger partial charge on any atom is 0.274 e. The summed E-state index contributed by atoms with van der Waals surface area (Å²) >= 11 is 1.45. The summed E-state index contributed by atoms with van der Waals surface area (Å²) in [6, 6.07) is 5.14. The lowest BCUT2D eigenvalue weighted by Gasteiger charge is -2.16. The van der Waals surface area contributed by atoms with Crippen LogP contribution < -0.4 is 10.8 Å². The van der Waals surface area contributed by atoms with Gasteiger partial charge in [-0.05, 0) is 18.2 Å². The van der Waals surface area contributed by atoms with Gasteiger partial charge in [-0.1, -0.05) is 0 Å². The standard InChI is InChI=1S/C12H14N2O4S/c1-17-4-5-18-14-12(16)8-2-3-10-9(6-8)13-11(15)7-19-10/h2-3,6H,4-5,7H2,1H3,(H,13,15)(H,14,16). The summed E-state index contributed by atoms with van der Waals surface area (Å²) in [6.07, 6.45) is 0. The first-order valence-corrected chi connectivity index (χ1v) is 6.67. The summed E-state index contributed by atoms with van der Waals surface area (Å²) in [5, 5.41) is 2.73. The van der Waals surface area contributed by atoms with E-state index in [2.05, 4.69) is 10.8 Å². The average molecular weight is 282 g/mol. The molecule has 1 aromatic rings. The second kappa shape index (κ2) is 6.55. The Kier molecular flexibility index (Phi) is 4.78. The summed E-state index contributed by atoms with van der Waals surface area (Å²) in [4.78, 5) is 29.0. The molecular weight excluding hydrogens is 268 g/mol. The Hall–Kier alpha value is -1.57. The van der Waals surface area contributed by atoms with Crippen molar-refractivity contribution in [2.24, 2.45) is 0 Å². The lowest BCUT2D eigenvalue weighted by molar-refractivity contribution is -0.113. The first-order chi connectivity index (χ1) is 9.20. The molecule has 0 saturated carbocycles. The molecule has 0 aromatic heterocycles. The number of hydroxylamine groups is 1. The molecule has 0 bridgehead atoms. The minimum Gasteiger partial charge on any atom is -0.382 e.